The number of piperidine rings is 1. The van der Waals surface area contributed by atoms with E-state index in [1.807, 2.05) is 0 Å². The second-order valence-electron chi connectivity index (χ2n) is 7.78. The molecule has 1 aromatic carbocycles. The SMILES string of the molecule is COc1cc2c(cc1OC)C1C/C(=N/NC(N)=S)C(CC(C)C)CN1CC2. The van der Waals surface area contributed by atoms with E-state index in [1.165, 1.54) is 11.1 Å². The van der Waals surface area contributed by atoms with Crippen LogP contribution in [0.2, 0.25) is 0 Å². The molecule has 148 valence electrons. The first-order chi connectivity index (χ1) is 12.9. The fourth-order valence-electron chi connectivity index (χ4n) is 4.33. The van der Waals surface area contributed by atoms with Crippen LogP contribution in [0.1, 0.15) is 43.9 Å². The van der Waals surface area contributed by atoms with Gasteiger partial charge in [-0.25, -0.2) is 0 Å². The lowest BCUT2D eigenvalue weighted by molar-refractivity contribution is 0.147. The first kappa shape index (κ1) is 19.9. The van der Waals surface area contributed by atoms with Gasteiger partial charge in [0.05, 0.1) is 14.2 Å². The van der Waals surface area contributed by atoms with E-state index in [-0.39, 0.29) is 5.11 Å². The Hall–Kier alpha value is -1.86. The van der Waals surface area contributed by atoms with E-state index in [4.69, 9.17) is 27.4 Å². The van der Waals surface area contributed by atoms with Gasteiger partial charge in [-0.05, 0) is 54.2 Å². The average Bonchev–Trinajstić information content (AvgIpc) is 2.64. The largest absolute Gasteiger partial charge is 0.493 e. The van der Waals surface area contributed by atoms with Gasteiger partial charge in [0.1, 0.15) is 0 Å². The zero-order valence-corrected chi connectivity index (χ0v) is 17.4. The van der Waals surface area contributed by atoms with Gasteiger partial charge in [-0.2, -0.15) is 5.10 Å². The Morgan fingerprint density at radius 2 is 2.04 bits per heavy atom. The molecule has 1 saturated heterocycles. The van der Waals surface area contributed by atoms with Crippen molar-refractivity contribution in [3.63, 3.8) is 0 Å². The minimum atomic E-state index is 0.212. The number of ether oxygens (including phenoxy) is 2. The van der Waals surface area contributed by atoms with E-state index in [0.717, 1.165) is 49.6 Å². The lowest BCUT2D eigenvalue weighted by atomic mass is 9.79. The van der Waals surface area contributed by atoms with Crippen LogP contribution in [0.5, 0.6) is 11.5 Å². The number of fused-ring (bicyclic) bond motifs is 3. The average molecular weight is 391 g/mol. The molecule has 1 fully saturated rings. The quantitative estimate of drug-likeness (QED) is 0.595. The molecule has 3 rings (SSSR count). The molecule has 0 spiro atoms. The van der Waals surface area contributed by atoms with Gasteiger partial charge in [-0.1, -0.05) is 13.8 Å². The smallest absolute Gasteiger partial charge is 0.184 e. The molecular weight excluding hydrogens is 360 g/mol. The van der Waals surface area contributed by atoms with Gasteiger partial charge in [-0.3, -0.25) is 10.3 Å². The predicted molar refractivity (Wildman–Crippen MR) is 112 cm³/mol. The van der Waals surface area contributed by atoms with Crippen LogP contribution in [0.25, 0.3) is 0 Å². The van der Waals surface area contributed by atoms with Gasteiger partial charge in [0.25, 0.3) is 0 Å². The fraction of sp³-hybridized carbons (Fsp3) is 0.600. The van der Waals surface area contributed by atoms with Crippen molar-refractivity contribution in [1.29, 1.82) is 0 Å². The minimum absolute atomic E-state index is 0.212. The first-order valence-electron chi connectivity index (χ1n) is 9.53. The van der Waals surface area contributed by atoms with Crippen LogP contribution in [0.4, 0.5) is 0 Å². The summed E-state index contributed by atoms with van der Waals surface area (Å²) in [5.41, 5.74) is 12.2. The van der Waals surface area contributed by atoms with E-state index in [2.05, 4.69) is 41.4 Å². The van der Waals surface area contributed by atoms with E-state index in [1.54, 1.807) is 14.2 Å². The van der Waals surface area contributed by atoms with Crippen molar-refractivity contribution in [1.82, 2.24) is 10.3 Å². The van der Waals surface area contributed by atoms with Crippen LogP contribution in [0.15, 0.2) is 17.2 Å². The molecule has 27 heavy (non-hydrogen) atoms. The van der Waals surface area contributed by atoms with Gasteiger partial charge in [-0.15, -0.1) is 0 Å². The summed E-state index contributed by atoms with van der Waals surface area (Å²) in [4.78, 5) is 2.58. The lowest BCUT2D eigenvalue weighted by Gasteiger charge is -2.44. The van der Waals surface area contributed by atoms with Crippen LogP contribution >= 0.6 is 12.2 Å². The van der Waals surface area contributed by atoms with Crippen LogP contribution in [-0.2, 0) is 6.42 Å². The number of nitrogens with two attached hydrogens (primary N) is 1. The Morgan fingerprint density at radius 1 is 1.33 bits per heavy atom. The van der Waals surface area contributed by atoms with Gasteiger partial charge in [0.15, 0.2) is 16.6 Å². The zero-order chi connectivity index (χ0) is 19.6. The number of hydrogen-bond acceptors (Lipinski definition) is 5. The highest BCUT2D eigenvalue weighted by Crippen LogP contribution is 2.42. The molecule has 0 aromatic heterocycles. The Morgan fingerprint density at radius 3 is 2.67 bits per heavy atom. The maximum Gasteiger partial charge on any atom is 0.184 e. The third-order valence-corrected chi connectivity index (χ3v) is 5.60. The number of nitrogens with one attached hydrogen (secondary N) is 1. The van der Waals surface area contributed by atoms with Crippen molar-refractivity contribution in [2.24, 2.45) is 22.7 Å². The number of nitrogens with zero attached hydrogens (tertiary/aromatic N) is 2. The van der Waals surface area contributed by atoms with Crippen LogP contribution < -0.4 is 20.6 Å². The standard InChI is InChI=1S/C20H30N4O2S/c1-12(2)7-14-11-24-6-5-13-8-18(25-3)19(26-4)9-15(13)17(24)10-16(14)22-23-20(21)27/h8-9,12,14,17H,5-7,10-11H2,1-4H3,(H3,21,23,27)/b22-16-. The number of rotatable bonds is 5. The maximum absolute atomic E-state index is 5.61. The van der Waals surface area contributed by atoms with Crippen molar-refractivity contribution in [2.75, 3.05) is 27.3 Å². The molecule has 6 nitrogen and oxygen atoms in total. The summed E-state index contributed by atoms with van der Waals surface area (Å²) in [6, 6.07) is 4.55. The second kappa shape index (κ2) is 8.44. The third kappa shape index (κ3) is 4.35. The molecule has 3 N–H and O–H groups in total. The normalized spacial score (nSPS) is 23.7. The molecule has 0 amide bonds. The molecule has 0 radical (unpaired) electrons. The van der Waals surface area contributed by atoms with E-state index < -0.39 is 0 Å². The highest BCUT2D eigenvalue weighted by molar-refractivity contribution is 7.80. The molecule has 0 aliphatic carbocycles. The van der Waals surface area contributed by atoms with Gasteiger partial charge < -0.3 is 15.2 Å². The van der Waals surface area contributed by atoms with E-state index in [9.17, 15) is 0 Å². The summed E-state index contributed by atoms with van der Waals surface area (Å²) in [7, 11) is 3.37. The lowest BCUT2D eigenvalue weighted by Crippen LogP contribution is -2.47. The molecule has 7 heteroatoms. The highest BCUT2D eigenvalue weighted by Gasteiger charge is 2.37. The molecule has 2 heterocycles. The Bertz CT molecular complexity index is 735. The van der Waals surface area contributed by atoms with Crippen molar-refractivity contribution >= 4 is 23.0 Å². The van der Waals surface area contributed by atoms with Crippen molar-refractivity contribution < 1.29 is 9.47 Å². The minimum Gasteiger partial charge on any atom is -0.493 e. The fourth-order valence-corrected chi connectivity index (χ4v) is 4.38. The van der Waals surface area contributed by atoms with Crippen LogP contribution in [0, 0.1) is 11.8 Å². The summed E-state index contributed by atoms with van der Waals surface area (Å²) >= 11 is 4.95. The molecule has 2 unspecified atom stereocenters. The number of benzene rings is 1. The molecule has 0 bridgehead atoms. The first-order valence-corrected chi connectivity index (χ1v) is 9.94. The molecular formula is C20H30N4O2S. The summed E-state index contributed by atoms with van der Waals surface area (Å²) in [5.74, 6) is 2.61. The Labute approximate surface area is 167 Å². The van der Waals surface area contributed by atoms with Crippen molar-refractivity contribution in [3.8, 4) is 11.5 Å². The zero-order valence-electron chi connectivity index (χ0n) is 16.6. The number of hydrazone groups is 1. The van der Waals surface area contributed by atoms with Crippen LogP contribution in [-0.4, -0.2) is 43.0 Å². The molecule has 2 aliphatic heterocycles. The van der Waals surface area contributed by atoms with Crippen molar-refractivity contribution in [2.45, 2.75) is 39.2 Å². The summed E-state index contributed by atoms with van der Waals surface area (Å²) in [6.45, 7) is 6.58. The van der Waals surface area contributed by atoms with Crippen molar-refractivity contribution in [3.05, 3.63) is 23.3 Å². The maximum atomic E-state index is 5.61. The topological polar surface area (TPSA) is 72.1 Å². The summed E-state index contributed by atoms with van der Waals surface area (Å²) in [5, 5.41) is 4.79. The van der Waals surface area contributed by atoms with Gasteiger partial charge >= 0.3 is 0 Å². The molecule has 2 atom stereocenters. The second-order valence-corrected chi connectivity index (χ2v) is 8.22. The van der Waals surface area contributed by atoms with Gasteiger partial charge in [0.2, 0.25) is 0 Å². The molecule has 1 aromatic rings. The number of thiocarbonyl (C=S) groups is 1. The highest BCUT2D eigenvalue weighted by atomic mass is 32.1. The number of methoxy groups -OCH3 is 2. The van der Waals surface area contributed by atoms with Crippen LogP contribution in [0.3, 0.4) is 0 Å². The van der Waals surface area contributed by atoms with E-state index >= 15 is 0 Å². The molecule has 2 aliphatic rings. The monoisotopic (exact) mass is 390 g/mol. The summed E-state index contributed by atoms with van der Waals surface area (Å²) in [6.07, 6.45) is 3.01. The predicted octanol–water partition coefficient (Wildman–Crippen LogP) is 2.86. The number of hydrogen-bond donors (Lipinski definition) is 2. The Balaban J connectivity index is 1.93. The van der Waals surface area contributed by atoms with E-state index in [0.29, 0.717) is 17.9 Å². The molecule has 0 saturated carbocycles. The Kier molecular flexibility index (Phi) is 6.22. The third-order valence-electron chi connectivity index (χ3n) is 5.51. The summed E-state index contributed by atoms with van der Waals surface area (Å²) < 4.78 is 11.0. The van der Waals surface area contributed by atoms with Gasteiger partial charge in [0, 0.05) is 37.2 Å².